The summed E-state index contributed by atoms with van der Waals surface area (Å²) in [6.45, 7) is 0. The lowest BCUT2D eigenvalue weighted by Crippen LogP contribution is -2.26. The second-order valence-electron chi connectivity index (χ2n) is 3.07. The summed E-state index contributed by atoms with van der Waals surface area (Å²) in [6, 6.07) is 6.54. The second kappa shape index (κ2) is 5.16. The Morgan fingerprint density at radius 3 is 2.44 bits per heavy atom. The molecule has 0 radical (unpaired) electrons. The molecule has 0 atom stereocenters. The molecule has 5 heteroatoms. The highest BCUT2D eigenvalue weighted by molar-refractivity contribution is 5.93. The van der Waals surface area contributed by atoms with Crippen molar-refractivity contribution in [2.45, 2.75) is 0 Å². The molecule has 0 saturated carbocycles. The maximum absolute atomic E-state index is 11.3. The maximum atomic E-state index is 11.3. The molecule has 0 aromatic heterocycles. The average Bonchev–Trinajstić information content (AvgIpc) is 2.36. The van der Waals surface area contributed by atoms with Crippen molar-refractivity contribution in [2.24, 2.45) is 0 Å². The van der Waals surface area contributed by atoms with Gasteiger partial charge in [0, 0.05) is 12.7 Å². The Morgan fingerprint density at radius 2 is 1.88 bits per heavy atom. The number of ether oxygens (including phenoxy) is 2. The van der Waals surface area contributed by atoms with Crippen LogP contribution < -0.4 is 4.90 Å². The van der Waals surface area contributed by atoms with Gasteiger partial charge in [0.15, 0.2) is 0 Å². The lowest BCUT2D eigenvalue weighted by atomic mass is 10.2. The van der Waals surface area contributed by atoms with E-state index in [-0.39, 0.29) is 0 Å². The number of amides is 1. The number of carbonyl (C=O) groups excluding carboxylic acids is 2. The van der Waals surface area contributed by atoms with Gasteiger partial charge in [-0.1, -0.05) is 6.07 Å². The van der Waals surface area contributed by atoms with Crippen LogP contribution in [0.5, 0.6) is 0 Å². The summed E-state index contributed by atoms with van der Waals surface area (Å²) in [4.78, 5) is 23.8. The first-order chi connectivity index (χ1) is 7.60. The minimum atomic E-state index is -0.498. The van der Waals surface area contributed by atoms with E-state index < -0.39 is 12.1 Å². The van der Waals surface area contributed by atoms with Crippen molar-refractivity contribution in [3.05, 3.63) is 29.8 Å². The second-order valence-corrected chi connectivity index (χ2v) is 3.07. The zero-order valence-corrected chi connectivity index (χ0v) is 9.39. The number of anilines is 1. The summed E-state index contributed by atoms with van der Waals surface area (Å²) in [5.74, 6) is -0.444. The Hall–Kier alpha value is -2.04. The Balaban J connectivity index is 2.98. The molecule has 1 aromatic rings. The van der Waals surface area contributed by atoms with Crippen LogP contribution in [0, 0.1) is 0 Å². The molecule has 0 aliphatic heterocycles. The standard InChI is InChI=1S/C11H13NO4/c1-12(11(14)16-3)9-6-4-5-8(7-9)10(13)15-2/h4-7H,1-3H3. The van der Waals surface area contributed by atoms with E-state index in [4.69, 9.17) is 0 Å². The smallest absolute Gasteiger partial charge is 0.413 e. The lowest BCUT2D eigenvalue weighted by Gasteiger charge is -2.15. The molecule has 1 rings (SSSR count). The van der Waals surface area contributed by atoms with Gasteiger partial charge in [0.05, 0.1) is 19.8 Å². The highest BCUT2D eigenvalue weighted by Gasteiger charge is 2.13. The zero-order valence-electron chi connectivity index (χ0n) is 9.39. The first-order valence-corrected chi connectivity index (χ1v) is 4.60. The van der Waals surface area contributed by atoms with Crippen LogP contribution in [-0.2, 0) is 9.47 Å². The highest BCUT2D eigenvalue weighted by atomic mass is 16.5. The van der Waals surface area contributed by atoms with Crippen molar-refractivity contribution in [2.75, 3.05) is 26.2 Å². The van der Waals surface area contributed by atoms with Crippen molar-refractivity contribution in [3.63, 3.8) is 0 Å². The Bertz CT molecular complexity index is 403. The van der Waals surface area contributed by atoms with Crippen LogP contribution in [0.4, 0.5) is 10.5 Å². The molecule has 0 bridgehead atoms. The third kappa shape index (κ3) is 2.50. The molecule has 16 heavy (non-hydrogen) atoms. The molecule has 1 aromatic carbocycles. The van der Waals surface area contributed by atoms with Gasteiger partial charge in [-0.05, 0) is 18.2 Å². The zero-order chi connectivity index (χ0) is 12.1. The minimum absolute atomic E-state index is 0.385. The number of hydrogen-bond acceptors (Lipinski definition) is 4. The number of carbonyl (C=O) groups is 2. The molecule has 0 saturated heterocycles. The highest BCUT2D eigenvalue weighted by Crippen LogP contribution is 2.16. The number of methoxy groups -OCH3 is 2. The molecule has 5 nitrogen and oxygen atoms in total. The van der Waals surface area contributed by atoms with Crippen molar-refractivity contribution in [1.29, 1.82) is 0 Å². The van der Waals surface area contributed by atoms with E-state index in [1.165, 1.54) is 19.1 Å². The fourth-order valence-electron chi connectivity index (χ4n) is 1.20. The van der Waals surface area contributed by atoms with Crippen molar-refractivity contribution in [1.82, 2.24) is 0 Å². The monoisotopic (exact) mass is 223 g/mol. The third-order valence-corrected chi connectivity index (χ3v) is 2.10. The third-order valence-electron chi connectivity index (χ3n) is 2.10. The molecule has 0 heterocycles. The van der Waals surface area contributed by atoms with Gasteiger partial charge in [-0.15, -0.1) is 0 Å². The molecule has 0 N–H and O–H groups in total. The van der Waals surface area contributed by atoms with Crippen LogP contribution in [0.25, 0.3) is 0 Å². The molecule has 0 fully saturated rings. The molecule has 0 unspecified atom stereocenters. The fourth-order valence-corrected chi connectivity index (χ4v) is 1.20. The van der Waals surface area contributed by atoms with Crippen molar-refractivity contribution in [3.8, 4) is 0 Å². The first kappa shape index (κ1) is 12.0. The van der Waals surface area contributed by atoms with Gasteiger partial charge in [-0.3, -0.25) is 4.90 Å². The van der Waals surface area contributed by atoms with Crippen molar-refractivity contribution < 1.29 is 19.1 Å². The van der Waals surface area contributed by atoms with Crippen LogP contribution in [0.1, 0.15) is 10.4 Å². The van der Waals surface area contributed by atoms with Crippen LogP contribution in [0.15, 0.2) is 24.3 Å². The van der Waals surface area contributed by atoms with Gasteiger partial charge >= 0.3 is 12.1 Å². The number of esters is 1. The normalized spacial score (nSPS) is 9.44. The fraction of sp³-hybridized carbons (Fsp3) is 0.273. The molecule has 0 spiro atoms. The summed E-state index contributed by atoms with van der Waals surface area (Å²) in [6.07, 6.45) is -0.498. The largest absolute Gasteiger partial charge is 0.465 e. The van der Waals surface area contributed by atoms with E-state index in [1.807, 2.05) is 0 Å². The maximum Gasteiger partial charge on any atom is 0.413 e. The SMILES string of the molecule is COC(=O)c1cccc(N(C)C(=O)OC)c1. The lowest BCUT2D eigenvalue weighted by molar-refractivity contribution is 0.0600. The van der Waals surface area contributed by atoms with Crippen LogP contribution >= 0.6 is 0 Å². The average molecular weight is 223 g/mol. The Kier molecular flexibility index (Phi) is 3.88. The van der Waals surface area contributed by atoms with E-state index >= 15 is 0 Å². The predicted molar refractivity (Wildman–Crippen MR) is 58.6 cm³/mol. The first-order valence-electron chi connectivity index (χ1n) is 4.60. The van der Waals surface area contributed by atoms with E-state index in [2.05, 4.69) is 9.47 Å². The van der Waals surface area contributed by atoms with Gasteiger partial charge in [0.25, 0.3) is 0 Å². The van der Waals surface area contributed by atoms with E-state index in [9.17, 15) is 9.59 Å². The summed E-state index contributed by atoms with van der Waals surface area (Å²) in [7, 11) is 4.16. The molecule has 1 amide bonds. The quantitative estimate of drug-likeness (QED) is 0.716. The molecule has 0 aliphatic carbocycles. The Morgan fingerprint density at radius 1 is 1.19 bits per heavy atom. The van der Waals surface area contributed by atoms with Crippen molar-refractivity contribution >= 4 is 17.7 Å². The minimum Gasteiger partial charge on any atom is -0.465 e. The number of hydrogen-bond donors (Lipinski definition) is 0. The Labute approximate surface area is 93.6 Å². The predicted octanol–water partition coefficient (Wildman–Crippen LogP) is 1.68. The van der Waals surface area contributed by atoms with Gasteiger partial charge in [-0.25, -0.2) is 9.59 Å². The van der Waals surface area contributed by atoms with Crippen LogP contribution in [-0.4, -0.2) is 33.3 Å². The van der Waals surface area contributed by atoms with Gasteiger partial charge in [0.1, 0.15) is 0 Å². The van der Waals surface area contributed by atoms with Gasteiger partial charge in [-0.2, -0.15) is 0 Å². The van der Waals surface area contributed by atoms with Gasteiger partial charge < -0.3 is 9.47 Å². The van der Waals surface area contributed by atoms with Crippen LogP contribution in [0.3, 0.4) is 0 Å². The summed E-state index contributed by atoms with van der Waals surface area (Å²) >= 11 is 0. The number of rotatable bonds is 2. The van der Waals surface area contributed by atoms with E-state index in [0.717, 1.165) is 0 Å². The van der Waals surface area contributed by atoms with E-state index in [1.54, 1.807) is 31.3 Å². The molecular weight excluding hydrogens is 210 g/mol. The molecular formula is C11H13NO4. The number of nitrogens with zero attached hydrogens (tertiary/aromatic N) is 1. The number of benzene rings is 1. The van der Waals surface area contributed by atoms with E-state index in [0.29, 0.717) is 11.3 Å². The van der Waals surface area contributed by atoms with Gasteiger partial charge in [0.2, 0.25) is 0 Å². The molecule has 86 valence electrons. The molecule has 0 aliphatic rings. The topological polar surface area (TPSA) is 55.8 Å². The van der Waals surface area contributed by atoms with Crippen LogP contribution in [0.2, 0.25) is 0 Å². The summed E-state index contributed by atoms with van der Waals surface area (Å²) in [5, 5.41) is 0. The summed E-state index contributed by atoms with van der Waals surface area (Å²) in [5.41, 5.74) is 0.950. The summed E-state index contributed by atoms with van der Waals surface area (Å²) < 4.78 is 9.15.